The van der Waals surface area contributed by atoms with Gasteiger partial charge in [-0.05, 0) is 23.7 Å². The molecule has 0 unspecified atom stereocenters. The molecule has 4 aliphatic rings. The van der Waals surface area contributed by atoms with Crippen LogP contribution >= 0.6 is 0 Å². The Labute approximate surface area is 268 Å². The Morgan fingerprint density at radius 2 is 0.325 bits per heavy atom. The van der Waals surface area contributed by atoms with Crippen molar-refractivity contribution in [2.45, 2.75) is 239 Å². The monoisotopic (exact) mass is 581 g/mol. The van der Waals surface area contributed by atoms with Crippen molar-refractivity contribution >= 4 is 0 Å². The van der Waals surface area contributed by atoms with E-state index in [1.165, 1.54) is 128 Å². The third-order valence-corrected chi connectivity index (χ3v) is 7.58. The Kier molecular flexibility index (Phi) is 72.4. The molecular weight excluding hydrogens is 480 g/mol. The van der Waals surface area contributed by atoms with E-state index in [4.69, 9.17) is 0 Å². The van der Waals surface area contributed by atoms with Crippen LogP contribution in [0, 0.1) is 23.7 Å². The smallest absolute Gasteiger partial charge is 0 e. The third-order valence-electron chi connectivity index (χ3n) is 7.58. The second-order valence-electron chi connectivity index (χ2n) is 11.0. The molecule has 4 fully saturated rings. The van der Waals surface area contributed by atoms with Gasteiger partial charge >= 0.3 is 0 Å². The van der Waals surface area contributed by atoms with Crippen LogP contribution in [-0.4, -0.2) is 0 Å². The summed E-state index contributed by atoms with van der Waals surface area (Å²) in [5.74, 6) is 4.14. The fourth-order valence-corrected chi connectivity index (χ4v) is 5.23. The third kappa shape index (κ3) is 50.8. The van der Waals surface area contributed by atoms with E-state index < -0.39 is 0 Å². The molecule has 0 atom stereocenters. The van der Waals surface area contributed by atoms with Gasteiger partial charge < -0.3 is 0 Å². The maximum absolute atomic E-state index is 2.36. The molecule has 0 aliphatic heterocycles. The van der Waals surface area contributed by atoms with Crippen LogP contribution in [0.15, 0.2) is 0 Å². The van der Waals surface area contributed by atoms with E-state index in [2.05, 4.69) is 27.7 Å². The number of hydrogen-bond donors (Lipinski definition) is 0. The number of hydrogen-bond acceptors (Lipinski definition) is 0. The van der Waals surface area contributed by atoms with Gasteiger partial charge in [-0.15, -0.1) is 0 Å². The summed E-state index contributed by atoms with van der Waals surface area (Å²) in [5, 5.41) is 0. The van der Waals surface area contributed by atoms with Crippen molar-refractivity contribution in [3.05, 3.63) is 0 Å². The summed E-state index contributed by atoms with van der Waals surface area (Å²) in [7, 11) is 0. The van der Waals surface area contributed by atoms with Gasteiger partial charge in [-0.25, -0.2) is 0 Å². The van der Waals surface area contributed by atoms with E-state index in [-0.39, 0.29) is 5.71 Å². The zero-order valence-corrected chi connectivity index (χ0v) is 32.5. The van der Waals surface area contributed by atoms with Gasteiger partial charge in [0.2, 0.25) is 0 Å². The van der Waals surface area contributed by atoms with Crippen molar-refractivity contribution in [1.29, 1.82) is 0 Å². The van der Waals surface area contributed by atoms with Gasteiger partial charge in [-0.1, -0.05) is 239 Å². The molecule has 40 heavy (non-hydrogen) atoms. The van der Waals surface area contributed by atoms with Crippen LogP contribution in [0.25, 0.3) is 0 Å². The van der Waals surface area contributed by atoms with Crippen molar-refractivity contribution < 1.29 is 5.71 Å². The van der Waals surface area contributed by atoms with Gasteiger partial charge in [0.25, 0.3) is 0 Å². The first-order chi connectivity index (χ1) is 19.6. The molecule has 0 aromatic heterocycles. The predicted octanol–water partition coefficient (Wildman–Crippen LogP) is 17.5. The van der Waals surface area contributed by atoms with E-state index in [9.17, 15) is 0 Å². The van der Waals surface area contributed by atoms with Gasteiger partial charge in [-0.2, -0.15) is 0 Å². The molecule has 0 saturated heterocycles. The Morgan fingerprint density at radius 3 is 0.375 bits per heavy atom. The van der Waals surface area contributed by atoms with E-state index >= 15 is 0 Å². The molecule has 0 aromatic rings. The first-order valence-electron chi connectivity index (χ1n) is 19.6. The minimum absolute atomic E-state index is 0. The molecule has 260 valence electrons. The summed E-state index contributed by atoms with van der Waals surface area (Å²) in [6.07, 6.45) is 29.7. The van der Waals surface area contributed by atoms with Gasteiger partial charge in [0, 0.05) is 5.71 Å². The molecule has 0 heteroatoms. The van der Waals surface area contributed by atoms with Crippen molar-refractivity contribution in [3.63, 3.8) is 0 Å². The molecule has 0 heterocycles. The molecule has 4 aliphatic carbocycles. The average Bonchev–Trinajstić information content (AvgIpc) is 3.06. The molecule has 0 aromatic carbocycles. The lowest BCUT2D eigenvalue weighted by molar-refractivity contribution is 0.385. The van der Waals surface area contributed by atoms with Gasteiger partial charge in [0.05, 0.1) is 0 Å². The standard InChI is InChI=1S/4C7H14.6C2H6.4H2/c4*1-7-5-3-2-4-6-7;6*1-2;;;;/h4*7H,2-6H2,1H3;6*1-2H3;4*1H. The summed E-state index contributed by atoms with van der Waals surface area (Å²) < 4.78 is 0. The Hall–Kier alpha value is 0. The first-order valence-corrected chi connectivity index (χ1v) is 19.6. The zero-order valence-electron chi connectivity index (χ0n) is 32.5. The first kappa shape index (κ1) is 52.6. The molecular formula is C40H100. The molecule has 0 amide bonds. The lowest BCUT2D eigenvalue weighted by Crippen LogP contribution is -1.99. The van der Waals surface area contributed by atoms with Crippen molar-refractivity contribution in [1.82, 2.24) is 0 Å². The highest BCUT2D eigenvalue weighted by Crippen LogP contribution is 2.24. The molecule has 0 bridgehead atoms. The van der Waals surface area contributed by atoms with E-state index in [0.29, 0.717) is 0 Å². The Bertz CT molecular complexity index is 251. The number of rotatable bonds is 0. The molecule has 0 N–H and O–H groups in total. The van der Waals surface area contributed by atoms with E-state index in [1.54, 1.807) is 0 Å². The van der Waals surface area contributed by atoms with Gasteiger partial charge in [0.1, 0.15) is 0 Å². The van der Waals surface area contributed by atoms with Crippen LogP contribution < -0.4 is 0 Å². The van der Waals surface area contributed by atoms with Crippen LogP contribution in [0.5, 0.6) is 0 Å². The average molecular weight is 581 g/mol. The lowest BCUT2D eigenvalue weighted by atomic mass is 9.91. The van der Waals surface area contributed by atoms with Crippen LogP contribution in [0.3, 0.4) is 0 Å². The summed E-state index contributed by atoms with van der Waals surface area (Å²) in [6.45, 7) is 33.4. The van der Waals surface area contributed by atoms with Crippen LogP contribution in [-0.2, 0) is 0 Å². The summed E-state index contributed by atoms with van der Waals surface area (Å²) in [6, 6.07) is 0. The summed E-state index contributed by atoms with van der Waals surface area (Å²) in [4.78, 5) is 0. The lowest BCUT2D eigenvalue weighted by Gasteiger charge is -2.15. The Morgan fingerprint density at radius 1 is 0.225 bits per heavy atom. The van der Waals surface area contributed by atoms with Crippen molar-refractivity contribution in [2.24, 2.45) is 23.7 Å². The molecule has 0 spiro atoms. The largest absolute Gasteiger partial charge is 0.0683 e. The van der Waals surface area contributed by atoms with Gasteiger partial charge in [0.15, 0.2) is 0 Å². The van der Waals surface area contributed by atoms with Gasteiger partial charge in [-0.3, -0.25) is 0 Å². The fourth-order valence-electron chi connectivity index (χ4n) is 5.23. The summed E-state index contributed by atoms with van der Waals surface area (Å²) >= 11 is 0. The zero-order chi connectivity index (χ0) is 32.5. The SMILES string of the molecule is CC.CC.CC.CC.CC.CC.CC1CCCCC1.CC1CCCCC1.CC1CCCCC1.CC1CCCCC1.[HH].[HH].[HH].[HH]. The maximum Gasteiger partial charge on any atom is 0 e. The molecule has 0 radical (unpaired) electrons. The highest BCUT2D eigenvalue weighted by molar-refractivity contribution is 4.61. The van der Waals surface area contributed by atoms with E-state index in [0.717, 1.165) is 23.7 Å². The van der Waals surface area contributed by atoms with Crippen LogP contribution in [0.2, 0.25) is 0 Å². The molecule has 4 rings (SSSR count). The fraction of sp³-hybridized carbons (Fsp3) is 1.00. The molecule has 4 saturated carbocycles. The minimum atomic E-state index is 0. The highest BCUT2D eigenvalue weighted by atomic mass is 14.1. The van der Waals surface area contributed by atoms with E-state index in [1.807, 2.05) is 83.1 Å². The van der Waals surface area contributed by atoms with Crippen molar-refractivity contribution in [3.8, 4) is 0 Å². The predicted molar refractivity (Wildman–Crippen MR) is 206 cm³/mol. The maximum atomic E-state index is 2.36. The normalized spacial score (nSPS) is 18.6. The highest BCUT2D eigenvalue weighted by Gasteiger charge is 2.07. The van der Waals surface area contributed by atoms with Crippen LogP contribution in [0.1, 0.15) is 245 Å². The van der Waals surface area contributed by atoms with Crippen LogP contribution in [0.4, 0.5) is 0 Å². The summed E-state index contributed by atoms with van der Waals surface area (Å²) in [5.41, 5.74) is 0. The second kappa shape index (κ2) is 55.0. The van der Waals surface area contributed by atoms with Crippen molar-refractivity contribution in [2.75, 3.05) is 0 Å². The topological polar surface area (TPSA) is 0 Å². The minimum Gasteiger partial charge on any atom is -0.0683 e. The Balaban J connectivity index is -0.0000000382. The molecule has 0 nitrogen and oxygen atoms in total. The second-order valence-corrected chi connectivity index (χ2v) is 11.0. The quantitative estimate of drug-likeness (QED) is 0.267.